The first-order valence-corrected chi connectivity index (χ1v) is 2.45. The summed E-state index contributed by atoms with van der Waals surface area (Å²) in [6, 6.07) is 0. The first kappa shape index (κ1) is 13.1. The second-order valence-corrected chi connectivity index (χ2v) is 1.36. The van der Waals surface area contributed by atoms with Crippen molar-refractivity contribution in [2.75, 3.05) is 0 Å². The van der Waals surface area contributed by atoms with Crippen LogP contribution in [0, 0.1) is 0 Å². The van der Waals surface area contributed by atoms with E-state index in [0.717, 1.165) is 0 Å². The first-order chi connectivity index (χ1) is 5.40. The van der Waals surface area contributed by atoms with Crippen molar-refractivity contribution < 1.29 is 33.0 Å². The highest BCUT2D eigenvalue weighted by atomic mass is 19.3. The van der Waals surface area contributed by atoms with E-state index < -0.39 is 30.8 Å². The van der Waals surface area contributed by atoms with Gasteiger partial charge in [-0.3, -0.25) is 9.59 Å². The van der Waals surface area contributed by atoms with Gasteiger partial charge < -0.3 is 10.2 Å². The largest absolute Gasteiger partial charge is 0.481 e. The molecule has 7 heteroatoms. The fourth-order valence-corrected chi connectivity index (χ4v) is 0.129. The molecule has 0 amide bonds. The number of hydrogen-bond acceptors (Lipinski definition) is 2. The van der Waals surface area contributed by atoms with Gasteiger partial charge in [0, 0.05) is 0 Å². The average molecular weight is 186 g/mol. The van der Waals surface area contributed by atoms with Crippen molar-refractivity contribution >= 4 is 11.9 Å². The van der Waals surface area contributed by atoms with Crippen molar-refractivity contribution in [2.45, 2.75) is 6.42 Å². The highest BCUT2D eigenvalue weighted by Gasteiger charge is 2.01. The molecular weight excluding hydrogens is 181 g/mol. The van der Waals surface area contributed by atoms with Crippen molar-refractivity contribution in [2.24, 2.45) is 0 Å². The molecule has 2 N–H and O–H groups in total. The number of halogens is 3. The summed E-state index contributed by atoms with van der Waals surface area (Å²) in [6.07, 6.45) is -3.84. The second kappa shape index (κ2) is 7.58. The van der Waals surface area contributed by atoms with E-state index in [-0.39, 0.29) is 0 Å². The summed E-state index contributed by atoms with van der Waals surface area (Å²) in [5, 5.41) is 15.4. The monoisotopic (exact) mass is 186 g/mol. The highest BCUT2D eigenvalue weighted by molar-refractivity contribution is 5.88. The van der Waals surface area contributed by atoms with E-state index >= 15 is 0 Å². The van der Waals surface area contributed by atoms with Crippen molar-refractivity contribution in [1.29, 1.82) is 0 Å². The Labute approximate surface area is 64.9 Å². The van der Waals surface area contributed by atoms with E-state index in [1.54, 1.807) is 0 Å². The number of carbonyl (C=O) groups is 2. The molecule has 0 aliphatic heterocycles. The Morgan fingerprint density at radius 3 is 1.42 bits per heavy atom. The van der Waals surface area contributed by atoms with Crippen molar-refractivity contribution in [3.8, 4) is 0 Å². The molecule has 0 aromatic heterocycles. The molecule has 0 saturated heterocycles. The summed E-state index contributed by atoms with van der Waals surface area (Å²) in [7, 11) is 0. The lowest BCUT2D eigenvalue weighted by Crippen LogP contribution is -2.03. The predicted octanol–water partition coefficient (Wildman–Crippen LogP) is 1.24. The Kier molecular flexibility index (Phi) is 8.26. The van der Waals surface area contributed by atoms with Crippen molar-refractivity contribution in [1.82, 2.24) is 0 Å². The Morgan fingerprint density at radius 1 is 1.17 bits per heavy atom. The summed E-state index contributed by atoms with van der Waals surface area (Å²) in [5.41, 5.74) is 0. The molecule has 0 rings (SSSR count). The van der Waals surface area contributed by atoms with E-state index in [2.05, 4.69) is 0 Å². The van der Waals surface area contributed by atoms with Crippen LogP contribution in [0.4, 0.5) is 13.2 Å². The number of carboxylic acid groups (broad SMARTS) is 2. The van der Waals surface area contributed by atoms with Gasteiger partial charge in [0.1, 0.15) is 6.42 Å². The van der Waals surface area contributed by atoms with Crippen molar-refractivity contribution in [3.63, 3.8) is 0 Å². The summed E-state index contributed by atoms with van der Waals surface area (Å²) in [4.78, 5) is 18.9. The summed E-state index contributed by atoms with van der Waals surface area (Å²) < 4.78 is 30.7. The smallest absolute Gasteiger partial charge is 0.314 e. The molecule has 0 fully saturated rings. The normalized spacial score (nSPS) is 7.58. The van der Waals surface area contributed by atoms with Crippen LogP contribution in [0.3, 0.4) is 0 Å². The number of carboxylic acids is 2. The van der Waals surface area contributed by atoms with Gasteiger partial charge in [0.15, 0.2) is 6.33 Å². The minimum absolute atomic E-state index is 0.750. The molecule has 0 aromatic carbocycles. The van der Waals surface area contributed by atoms with Crippen molar-refractivity contribution in [3.05, 3.63) is 12.4 Å². The van der Waals surface area contributed by atoms with Gasteiger partial charge in [-0.1, -0.05) is 0 Å². The topological polar surface area (TPSA) is 74.6 Å². The lowest BCUT2D eigenvalue weighted by atomic mass is 10.5. The standard InChI is InChI=1S/C3H4O4.C2HF3/c4-2(5)1-3(6)7;3-1-2(4)5/h1H2,(H,4,5)(H,6,7);1H. The van der Waals surface area contributed by atoms with E-state index in [1.807, 2.05) is 0 Å². The maximum Gasteiger partial charge on any atom is 0.314 e. The molecule has 0 aliphatic rings. The van der Waals surface area contributed by atoms with Crippen LogP contribution in [-0.2, 0) is 9.59 Å². The fraction of sp³-hybridized carbons (Fsp3) is 0.200. The van der Waals surface area contributed by atoms with Gasteiger partial charge in [-0.25, -0.2) is 4.39 Å². The molecule has 0 spiro atoms. The molecule has 70 valence electrons. The molecule has 0 atom stereocenters. The van der Waals surface area contributed by atoms with Crippen LogP contribution >= 0.6 is 0 Å². The molecule has 0 saturated carbocycles. The van der Waals surface area contributed by atoms with Gasteiger partial charge in [0.25, 0.3) is 6.08 Å². The van der Waals surface area contributed by atoms with Crippen LogP contribution in [0.15, 0.2) is 12.4 Å². The van der Waals surface area contributed by atoms with Gasteiger partial charge in [0.2, 0.25) is 0 Å². The zero-order chi connectivity index (χ0) is 10.1. The second-order valence-electron chi connectivity index (χ2n) is 1.36. The average Bonchev–Trinajstić information content (AvgIpc) is 1.85. The Bertz CT molecular complexity index is 173. The van der Waals surface area contributed by atoms with Gasteiger partial charge >= 0.3 is 11.9 Å². The molecule has 0 aromatic rings. The van der Waals surface area contributed by atoms with Gasteiger partial charge in [-0.15, -0.1) is 0 Å². The Balaban J connectivity index is 0. The van der Waals surface area contributed by atoms with Crippen LogP contribution in [-0.4, -0.2) is 22.2 Å². The zero-order valence-electron chi connectivity index (χ0n) is 5.63. The summed E-state index contributed by atoms with van der Waals surface area (Å²) >= 11 is 0. The molecule has 4 nitrogen and oxygen atoms in total. The third-order valence-electron chi connectivity index (χ3n) is 0.385. The van der Waals surface area contributed by atoms with Gasteiger partial charge in [0.05, 0.1) is 0 Å². The third-order valence-corrected chi connectivity index (χ3v) is 0.385. The van der Waals surface area contributed by atoms with Gasteiger partial charge in [-0.2, -0.15) is 8.78 Å². The Morgan fingerprint density at radius 2 is 1.42 bits per heavy atom. The first-order valence-electron chi connectivity index (χ1n) is 2.45. The molecule has 0 heterocycles. The maximum absolute atomic E-state index is 10.2. The maximum atomic E-state index is 10.2. The number of rotatable bonds is 2. The van der Waals surface area contributed by atoms with E-state index in [1.165, 1.54) is 0 Å². The molecule has 0 aliphatic carbocycles. The number of aliphatic carboxylic acids is 2. The zero-order valence-corrected chi connectivity index (χ0v) is 5.63. The van der Waals surface area contributed by atoms with Crippen LogP contribution in [0.2, 0.25) is 0 Å². The SMILES string of the molecule is FC=C(F)F.O=C(O)CC(=O)O. The summed E-state index contributed by atoms with van der Waals surface area (Å²) in [5.74, 6) is -2.62. The number of hydrogen-bond donors (Lipinski definition) is 2. The molecule has 12 heavy (non-hydrogen) atoms. The van der Waals surface area contributed by atoms with Crippen LogP contribution < -0.4 is 0 Å². The lowest BCUT2D eigenvalue weighted by Gasteiger charge is -1.80. The molecule has 0 radical (unpaired) electrons. The van der Waals surface area contributed by atoms with E-state index in [9.17, 15) is 22.8 Å². The quantitative estimate of drug-likeness (QED) is 0.636. The Hall–Kier alpha value is -1.53. The van der Waals surface area contributed by atoms with Crippen LogP contribution in [0.1, 0.15) is 6.42 Å². The minimum Gasteiger partial charge on any atom is -0.481 e. The third kappa shape index (κ3) is 23.7. The highest BCUT2D eigenvalue weighted by Crippen LogP contribution is 1.93. The summed E-state index contributed by atoms with van der Waals surface area (Å²) in [6.45, 7) is 0. The van der Waals surface area contributed by atoms with E-state index in [4.69, 9.17) is 10.2 Å². The van der Waals surface area contributed by atoms with Crippen LogP contribution in [0.5, 0.6) is 0 Å². The fourth-order valence-electron chi connectivity index (χ4n) is 0.129. The van der Waals surface area contributed by atoms with Gasteiger partial charge in [-0.05, 0) is 0 Å². The van der Waals surface area contributed by atoms with Crippen LogP contribution in [0.25, 0.3) is 0 Å². The molecule has 0 unspecified atom stereocenters. The predicted molar refractivity (Wildman–Crippen MR) is 31.3 cm³/mol. The van der Waals surface area contributed by atoms with E-state index in [0.29, 0.717) is 0 Å². The lowest BCUT2D eigenvalue weighted by molar-refractivity contribution is -0.147. The minimum atomic E-state index is -2.29. The molecular formula is C5H5F3O4. The molecule has 0 bridgehead atoms.